The van der Waals surface area contributed by atoms with Gasteiger partial charge in [0.15, 0.2) is 0 Å². The summed E-state index contributed by atoms with van der Waals surface area (Å²) in [6.07, 6.45) is 9.26. The van der Waals surface area contributed by atoms with Gasteiger partial charge in [-0.25, -0.2) is 0 Å². The van der Waals surface area contributed by atoms with E-state index in [0.717, 1.165) is 12.3 Å². The van der Waals surface area contributed by atoms with E-state index in [1.807, 2.05) is 4.90 Å². The van der Waals surface area contributed by atoms with Crippen LogP contribution in [0.1, 0.15) is 57.8 Å². The van der Waals surface area contributed by atoms with Crippen molar-refractivity contribution in [3.8, 4) is 0 Å². The molecule has 2 aliphatic rings. The minimum absolute atomic E-state index is 0.140. The number of esters is 1. The van der Waals surface area contributed by atoms with E-state index in [9.17, 15) is 9.59 Å². The zero-order chi connectivity index (χ0) is 15.8. The molecule has 2 rings (SSSR count). The van der Waals surface area contributed by atoms with E-state index < -0.39 is 0 Å². The summed E-state index contributed by atoms with van der Waals surface area (Å²) in [6, 6.07) is 0. The van der Waals surface area contributed by atoms with Crippen molar-refractivity contribution >= 4 is 11.9 Å². The van der Waals surface area contributed by atoms with Gasteiger partial charge in [-0.1, -0.05) is 32.1 Å². The first-order valence-corrected chi connectivity index (χ1v) is 8.65. The fourth-order valence-electron chi connectivity index (χ4n) is 3.53. The number of carbonyl (C=O) groups is 2. The number of hydrogen-bond donors (Lipinski definition) is 0. The first kappa shape index (κ1) is 17.3. The Kier molecular flexibility index (Phi) is 7.16. The maximum atomic E-state index is 12.2. The van der Waals surface area contributed by atoms with Crippen LogP contribution < -0.4 is 0 Å². The molecular weight excluding hydrogens is 282 g/mol. The predicted molar refractivity (Wildman–Crippen MR) is 83.4 cm³/mol. The average molecular weight is 311 g/mol. The van der Waals surface area contributed by atoms with E-state index in [4.69, 9.17) is 4.74 Å². The standard InChI is InChI=1S/C17H29NO4/c1-21-17(20)9-5-8-16(19)18-10-11-22-15(13-18)12-14-6-3-2-4-7-14/h14-15H,2-13H2,1H3/t15-/m0/s1. The lowest BCUT2D eigenvalue weighted by molar-refractivity contribution is -0.142. The topological polar surface area (TPSA) is 55.8 Å². The lowest BCUT2D eigenvalue weighted by Gasteiger charge is -2.35. The van der Waals surface area contributed by atoms with E-state index in [1.54, 1.807) is 0 Å². The highest BCUT2D eigenvalue weighted by atomic mass is 16.5. The second-order valence-corrected chi connectivity index (χ2v) is 6.50. The molecule has 0 aromatic rings. The summed E-state index contributed by atoms with van der Waals surface area (Å²) in [5.41, 5.74) is 0. The summed E-state index contributed by atoms with van der Waals surface area (Å²) in [6.45, 7) is 2.03. The first-order chi connectivity index (χ1) is 10.7. The lowest BCUT2D eigenvalue weighted by Crippen LogP contribution is -2.46. The van der Waals surface area contributed by atoms with Gasteiger partial charge in [0.2, 0.25) is 5.91 Å². The molecule has 0 aromatic carbocycles. The number of ether oxygens (including phenoxy) is 2. The van der Waals surface area contributed by atoms with Gasteiger partial charge in [-0.2, -0.15) is 0 Å². The van der Waals surface area contributed by atoms with Crippen LogP contribution in [0.2, 0.25) is 0 Å². The van der Waals surface area contributed by atoms with Crippen molar-refractivity contribution < 1.29 is 19.1 Å². The van der Waals surface area contributed by atoms with Crippen molar-refractivity contribution in [1.82, 2.24) is 4.90 Å². The van der Waals surface area contributed by atoms with Gasteiger partial charge in [0.1, 0.15) is 0 Å². The highest BCUT2D eigenvalue weighted by Gasteiger charge is 2.27. The Hall–Kier alpha value is -1.10. The molecule has 5 heteroatoms. The molecule has 126 valence electrons. The summed E-state index contributed by atoms with van der Waals surface area (Å²) < 4.78 is 10.4. The number of nitrogens with zero attached hydrogens (tertiary/aromatic N) is 1. The van der Waals surface area contributed by atoms with Crippen LogP contribution in [0.15, 0.2) is 0 Å². The van der Waals surface area contributed by atoms with Crippen LogP contribution >= 0.6 is 0 Å². The number of morpholine rings is 1. The third-order valence-electron chi connectivity index (χ3n) is 4.81. The number of amides is 1. The lowest BCUT2D eigenvalue weighted by atomic mass is 9.85. The molecule has 1 aliphatic heterocycles. The van der Waals surface area contributed by atoms with Crippen molar-refractivity contribution in [2.45, 2.75) is 63.9 Å². The Labute approximate surface area is 133 Å². The zero-order valence-electron chi connectivity index (χ0n) is 13.7. The third kappa shape index (κ3) is 5.59. The second kappa shape index (κ2) is 9.13. The number of hydrogen-bond acceptors (Lipinski definition) is 4. The normalized spacial score (nSPS) is 23.3. The fraction of sp³-hybridized carbons (Fsp3) is 0.882. The molecule has 0 radical (unpaired) electrons. The molecule has 1 saturated heterocycles. The van der Waals surface area contributed by atoms with Crippen molar-refractivity contribution in [1.29, 1.82) is 0 Å². The Balaban J connectivity index is 1.69. The molecule has 1 heterocycles. The molecule has 1 atom stereocenters. The second-order valence-electron chi connectivity index (χ2n) is 6.50. The minimum atomic E-state index is -0.245. The molecule has 22 heavy (non-hydrogen) atoms. The number of rotatable bonds is 6. The van der Waals surface area contributed by atoms with Crippen LogP contribution in [-0.2, 0) is 19.1 Å². The van der Waals surface area contributed by atoms with Gasteiger partial charge < -0.3 is 14.4 Å². The van der Waals surface area contributed by atoms with Crippen molar-refractivity contribution in [3.63, 3.8) is 0 Å². The average Bonchev–Trinajstić information content (AvgIpc) is 2.55. The summed E-state index contributed by atoms with van der Waals surface area (Å²) in [5, 5.41) is 0. The van der Waals surface area contributed by atoms with Gasteiger partial charge in [0, 0.05) is 25.9 Å². The molecule has 0 spiro atoms. The zero-order valence-corrected chi connectivity index (χ0v) is 13.7. The molecule has 0 unspecified atom stereocenters. The Bertz CT molecular complexity index is 366. The molecule has 1 amide bonds. The summed E-state index contributed by atoms with van der Waals surface area (Å²) in [4.78, 5) is 25.2. The van der Waals surface area contributed by atoms with Gasteiger partial charge in [-0.3, -0.25) is 9.59 Å². The third-order valence-corrected chi connectivity index (χ3v) is 4.81. The monoisotopic (exact) mass is 311 g/mol. The summed E-state index contributed by atoms with van der Waals surface area (Å²) >= 11 is 0. The molecule has 1 saturated carbocycles. The molecule has 5 nitrogen and oxygen atoms in total. The molecule has 2 fully saturated rings. The van der Waals surface area contributed by atoms with E-state index in [-0.39, 0.29) is 18.0 Å². The van der Waals surface area contributed by atoms with Gasteiger partial charge in [-0.05, 0) is 18.8 Å². The number of carbonyl (C=O) groups excluding carboxylic acids is 2. The Morgan fingerprint density at radius 3 is 2.68 bits per heavy atom. The maximum absolute atomic E-state index is 12.2. The van der Waals surface area contributed by atoms with Crippen LogP contribution in [0.5, 0.6) is 0 Å². The number of methoxy groups -OCH3 is 1. The van der Waals surface area contributed by atoms with Gasteiger partial charge >= 0.3 is 5.97 Å². The first-order valence-electron chi connectivity index (χ1n) is 8.65. The predicted octanol–water partition coefficient (Wildman–Crippen LogP) is 2.53. The fourth-order valence-corrected chi connectivity index (χ4v) is 3.53. The van der Waals surface area contributed by atoms with Gasteiger partial charge in [-0.15, -0.1) is 0 Å². The van der Waals surface area contributed by atoms with Crippen LogP contribution in [-0.4, -0.2) is 49.7 Å². The van der Waals surface area contributed by atoms with Crippen LogP contribution in [0.4, 0.5) is 0 Å². The quantitative estimate of drug-likeness (QED) is 0.707. The van der Waals surface area contributed by atoms with Crippen molar-refractivity contribution in [2.24, 2.45) is 5.92 Å². The van der Waals surface area contributed by atoms with Gasteiger partial charge in [0.25, 0.3) is 0 Å². The summed E-state index contributed by atoms with van der Waals surface area (Å²) in [7, 11) is 1.38. The highest BCUT2D eigenvalue weighted by Crippen LogP contribution is 2.29. The largest absolute Gasteiger partial charge is 0.469 e. The van der Waals surface area contributed by atoms with E-state index in [2.05, 4.69) is 4.74 Å². The molecule has 0 aromatic heterocycles. The molecule has 0 bridgehead atoms. The van der Waals surface area contributed by atoms with Crippen molar-refractivity contribution in [3.05, 3.63) is 0 Å². The molecule has 0 N–H and O–H groups in total. The van der Waals surface area contributed by atoms with E-state index in [1.165, 1.54) is 39.2 Å². The smallest absolute Gasteiger partial charge is 0.305 e. The van der Waals surface area contributed by atoms with Crippen molar-refractivity contribution in [2.75, 3.05) is 26.8 Å². The van der Waals surface area contributed by atoms with Crippen LogP contribution in [0.3, 0.4) is 0 Å². The van der Waals surface area contributed by atoms with Crippen LogP contribution in [0.25, 0.3) is 0 Å². The van der Waals surface area contributed by atoms with E-state index >= 15 is 0 Å². The maximum Gasteiger partial charge on any atom is 0.305 e. The highest BCUT2D eigenvalue weighted by molar-refractivity contribution is 5.77. The van der Waals surface area contributed by atoms with E-state index in [0.29, 0.717) is 39.0 Å². The molecular formula is C17H29NO4. The molecule has 1 aliphatic carbocycles. The van der Waals surface area contributed by atoms with Gasteiger partial charge in [0.05, 0.1) is 19.8 Å². The minimum Gasteiger partial charge on any atom is -0.469 e. The Morgan fingerprint density at radius 2 is 1.95 bits per heavy atom. The SMILES string of the molecule is COC(=O)CCCC(=O)N1CCO[C@@H](CC2CCCCC2)C1. The van der Waals surface area contributed by atoms with Crippen LogP contribution in [0, 0.1) is 5.92 Å². The Morgan fingerprint density at radius 1 is 1.18 bits per heavy atom. The summed E-state index contributed by atoms with van der Waals surface area (Å²) in [5.74, 6) is 0.666.